The van der Waals surface area contributed by atoms with E-state index in [0.29, 0.717) is 31.3 Å². The van der Waals surface area contributed by atoms with Crippen molar-refractivity contribution in [3.8, 4) is 11.5 Å². The standard InChI is InChI=1S/C16H22N2O5S/c1-18(2)14-13(10-6-7-22-15(10)14)17-24(19,20)12-5-3-4-11-16(12)23-9-8-21-11/h3-5,10,13-15,17H,6-9H2,1-2H3/t10-,13+,14-,15-/m1/s1. The van der Waals surface area contributed by atoms with Crippen LogP contribution in [0, 0.1) is 5.92 Å². The van der Waals surface area contributed by atoms with Gasteiger partial charge in [-0.05, 0) is 32.6 Å². The van der Waals surface area contributed by atoms with Gasteiger partial charge in [-0.3, -0.25) is 0 Å². The zero-order chi connectivity index (χ0) is 16.9. The normalized spacial score (nSPS) is 31.6. The third-order valence-electron chi connectivity index (χ3n) is 5.06. The van der Waals surface area contributed by atoms with Crippen LogP contribution in [0.3, 0.4) is 0 Å². The van der Waals surface area contributed by atoms with E-state index >= 15 is 0 Å². The summed E-state index contributed by atoms with van der Waals surface area (Å²) >= 11 is 0. The van der Waals surface area contributed by atoms with Crippen LogP contribution in [-0.4, -0.2) is 65.4 Å². The molecule has 1 aromatic rings. The molecule has 2 aliphatic heterocycles. The lowest BCUT2D eigenvalue weighted by molar-refractivity contribution is -0.0626. The van der Waals surface area contributed by atoms with Crippen LogP contribution in [0.2, 0.25) is 0 Å². The Bertz CT molecular complexity index is 736. The highest BCUT2D eigenvalue weighted by atomic mass is 32.2. The molecule has 8 heteroatoms. The van der Waals surface area contributed by atoms with Crippen LogP contribution in [0.5, 0.6) is 11.5 Å². The monoisotopic (exact) mass is 354 g/mol. The first-order valence-electron chi connectivity index (χ1n) is 8.18. The van der Waals surface area contributed by atoms with Gasteiger partial charge in [-0.25, -0.2) is 13.1 Å². The number of para-hydroxylation sites is 1. The van der Waals surface area contributed by atoms with E-state index in [0.717, 1.165) is 6.42 Å². The number of nitrogens with zero attached hydrogens (tertiary/aromatic N) is 1. The Kier molecular flexibility index (Phi) is 3.95. The summed E-state index contributed by atoms with van der Waals surface area (Å²) in [4.78, 5) is 2.17. The lowest BCUT2D eigenvalue weighted by Gasteiger charge is -2.50. The van der Waals surface area contributed by atoms with Crippen molar-refractivity contribution in [2.75, 3.05) is 33.9 Å². The molecule has 0 radical (unpaired) electrons. The van der Waals surface area contributed by atoms with Crippen LogP contribution in [0.15, 0.2) is 23.1 Å². The van der Waals surface area contributed by atoms with E-state index in [1.54, 1.807) is 18.2 Å². The van der Waals surface area contributed by atoms with Gasteiger partial charge in [0.1, 0.15) is 18.1 Å². The number of nitrogens with one attached hydrogen (secondary N) is 1. The summed E-state index contributed by atoms with van der Waals surface area (Å²) in [5.41, 5.74) is 0. The Labute approximate surface area is 141 Å². The molecule has 2 fully saturated rings. The molecule has 132 valence electrons. The Balaban J connectivity index is 1.62. The summed E-state index contributed by atoms with van der Waals surface area (Å²) in [6.07, 6.45) is 0.992. The highest BCUT2D eigenvalue weighted by Crippen LogP contribution is 2.43. The van der Waals surface area contributed by atoms with Crippen molar-refractivity contribution in [1.29, 1.82) is 0 Å². The highest BCUT2D eigenvalue weighted by Gasteiger charge is 2.56. The summed E-state index contributed by atoms with van der Waals surface area (Å²) in [6.45, 7) is 1.47. The van der Waals surface area contributed by atoms with E-state index < -0.39 is 10.0 Å². The minimum absolute atomic E-state index is 0.0454. The molecular weight excluding hydrogens is 332 g/mol. The molecule has 4 atom stereocenters. The van der Waals surface area contributed by atoms with E-state index in [1.165, 1.54) is 0 Å². The molecule has 7 nitrogen and oxygen atoms in total. The van der Waals surface area contributed by atoms with Gasteiger partial charge in [-0.1, -0.05) is 6.07 Å². The SMILES string of the molecule is CN(C)[C@@H]1[C@@H](NS(=O)(=O)c2cccc3c2OCCO3)[C@H]2CCO[C@H]21. The predicted octanol–water partition coefficient (Wildman–Crippen LogP) is 0.454. The van der Waals surface area contributed by atoms with E-state index in [-0.39, 0.29) is 29.0 Å². The largest absolute Gasteiger partial charge is 0.486 e. The first-order chi connectivity index (χ1) is 11.5. The molecule has 0 aromatic heterocycles. The summed E-state index contributed by atoms with van der Waals surface area (Å²) in [5, 5.41) is 0. The summed E-state index contributed by atoms with van der Waals surface area (Å²) < 4.78 is 45.6. The molecule has 3 aliphatic rings. The van der Waals surface area contributed by atoms with Crippen LogP contribution in [-0.2, 0) is 14.8 Å². The first kappa shape index (κ1) is 16.1. The van der Waals surface area contributed by atoms with Gasteiger partial charge in [0.25, 0.3) is 0 Å². The number of sulfonamides is 1. The number of hydrogen-bond acceptors (Lipinski definition) is 6. The second-order valence-electron chi connectivity index (χ2n) is 6.67. The van der Waals surface area contributed by atoms with E-state index in [9.17, 15) is 8.42 Å². The minimum atomic E-state index is -3.70. The van der Waals surface area contributed by atoms with E-state index in [1.807, 2.05) is 19.0 Å². The number of benzene rings is 1. The van der Waals surface area contributed by atoms with E-state index in [2.05, 4.69) is 4.72 Å². The van der Waals surface area contributed by atoms with Crippen molar-refractivity contribution >= 4 is 10.0 Å². The number of ether oxygens (including phenoxy) is 3. The van der Waals surface area contributed by atoms with Crippen molar-refractivity contribution in [3.05, 3.63) is 18.2 Å². The van der Waals surface area contributed by atoms with Crippen molar-refractivity contribution in [2.45, 2.75) is 29.5 Å². The molecule has 0 amide bonds. The maximum absolute atomic E-state index is 13.0. The van der Waals surface area contributed by atoms with Crippen molar-refractivity contribution in [1.82, 2.24) is 9.62 Å². The van der Waals surface area contributed by atoms with Gasteiger partial charge in [0.2, 0.25) is 10.0 Å². The fourth-order valence-corrected chi connectivity index (χ4v) is 5.41. The maximum Gasteiger partial charge on any atom is 0.244 e. The topological polar surface area (TPSA) is 77.1 Å². The Morgan fingerprint density at radius 2 is 1.96 bits per heavy atom. The quantitative estimate of drug-likeness (QED) is 0.846. The zero-order valence-corrected chi connectivity index (χ0v) is 14.6. The minimum Gasteiger partial charge on any atom is -0.486 e. The predicted molar refractivity (Wildman–Crippen MR) is 86.9 cm³/mol. The van der Waals surface area contributed by atoms with Crippen LogP contribution >= 0.6 is 0 Å². The summed E-state index contributed by atoms with van der Waals surface area (Å²) in [6, 6.07) is 4.84. The van der Waals surface area contributed by atoms with Crippen molar-refractivity contribution < 1.29 is 22.6 Å². The highest BCUT2D eigenvalue weighted by molar-refractivity contribution is 7.89. The lowest BCUT2D eigenvalue weighted by atomic mass is 9.71. The summed E-state index contributed by atoms with van der Waals surface area (Å²) in [5.74, 6) is 1.00. The number of fused-ring (bicyclic) bond motifs is 2. The Hall–Kier alpha value is -1.35. The molecule has 24 heavy (non-hydrogen) atoms. The Morgan fingerprint density at radius 3 is 2.75 bits per heavy atom. The van der Waals surface area contributed by atoms with E-state index in [4.69, 9.17) is 14.2 Å². The molecular formula is C16H22N2O5S. The molecule has 1 aliphatic carbocycles. The van der Waals surface area contributed by atoms with Crippen LogP contribution in [0.25, 0.3) is 0 Å². The molecule has 2 heterocycles. The smallest absolute Gasteiger partial charge is 0.244 e. The van der Waals surface area contributed by atoms with Crippen molar-refractivity contribution in [2.24, 2.45) is 5.92 Å². The molecule has 1 saturated heterocycles. The number of rotatable bonds is 4. The van der Waals surface area contributed by atoms with Gasteiger partial charge in [-0.2, -0.15) is 0 Å². The number of likely N-dealkylation sites (N-methyl/N-ethyl adjacent to an activating group) is 1. The average molecular weight is 354 g/mol. The van der Waals surface area contributed by atoms with Crippen LogP contribution in [0.1, 0.15) is 6.42 Å². The third kappa shape index (κ3) is 2.48. The van der Waals surface area contributed by atoms with Crippen LogP contribution in [0.4, 0.5) is 0 Å². The second kappa shape index (κ2) is 5.87. The Morgan fingerprint density at radius 1 is 1.17 bits per heavy atom. The molecule has 0 spiro atoms. The molecule has 0 bridgehead atoms. The fourth-order valence-electron chi connectivity index (χ4n) is 3.95. The fraction of sp³-hybridized carbons (Fsp3) is 0.625. The maximum atomic E-state index is 13.0. The average Bonchev–Trinajstić information content (AvgIpc) is 2.95. The zero-order valence-electron chi connectivity index (χ0n) is 13.8. The number of hydrogen-bond donors (Lipinski definition) is 1. The molecule has 4 rings (SSSR count). The molecule has 1 aromatic carbocycles. The summed E-state index contributed by atoms with van der Waals surface area (Å²) in [7, 11) is 0.195. The van der Waals surface area contributed by atoms with Gasteiger partial charge >= 0.3 is 0 Å². The van der Waals surface area contributed by atoms with Gasteiger partial charge in [0.05, 0.1) is 12.1 Å². The van der Waals surface area contributed by atoms with Crippen molar-refractivity contribution in [3.63, 3.8) is 0 Å². The van der Waals surface area contributed by atoms with Crippen LogP contribution < -0.4 is 14.2 Å². The molecule has 1 N–H and O–H groups in total. The van der Waals surface area contributed by atoms with Gasteiger partial charge in [0.15, 0.2) is 11.5 Å². The lowest BCUT2D eigenvalue weighted by Crippen LogP contribution is -2.69. The van der Waals surface area contributed by atoms with Gasteiger partial charge in [0, 0.05) is 18.6 Å². The van der Waals surface area contributed by atoms with Gasteiger partial charge in [-0.15, -0.1) is 0 Å². The van der Waals surface area contributed by atoms with Gasteiger partial charge < -0.3 is 19.1 Å². The molecule has 0 unspecified atom stereocenters. The third-order valence-corrected chi connectivity index (χ3v) is 6.54. The first-order valence-corrected chi connectivity index (χ1v) is 9.66. The molecule has 1 saturated carbocycles. The second-order valence-corrected chi connectivity index (χ2v) is 8.35.